The molecule has 0 fully saturated rings. The van der Waals surface area contributed by atoms with Gasteiger partial charge in [-0.15, -0.1) is 0 Å². The van der Waals surface area contributed by atoms with Gasteiger partial charge in [0.15, 0.2) is 0 Å². The molecule has 0 saturated carbocycles. The van der Waals surface area contributed by atoms with Crippen molar-refractivity contribution < 1.29 is 0 Å². The molecule has 0 unspecified atom stereocenters. The summed E-state index contributed by atoms with van der Waals surface area (Å²) in [6.45, 7) is 6.59. The van der Waals surface area contributed by atoms with Crippen molar-refractivity contribution in [3.63, 3.8) is 0 Å². The van der Waals surface area contributed by atoms with Crippen molar-refractivity contribution in [2.75, 3.05) is 7.05 Å². The van der Waals surface area contributed by atoms with Crippen LogP contribution in [0.15, 0.2) is 16.6 Å². The first-order chi connectivity index (χ1) is 4.72. The molecule has 58 valence electrons. The largest absolute Gasteiger partial charge is 0.297 e. The van der Waals surface area contributed by atoms with Gasteiger partial charge in [-0.2, -0.15) is 0 Å². The SMILES string of the molecule is CC/C(=C\C=NC)C(C)C. The van der Waals surface area contributed by atoms with E-state index in [1.54, 1.807) is 7.05 Å². The lowest BCUT2D eigenvalue weighted by Crippen LogP contribution is -1.92. The van der Waals surface area contributed by atoms with Crippen molar-refractivity contribution >= 4 is 6.21 Å². The Balaban J connectivity index is 4.04. The van der Waals surface area contributed by atoms with Gasteiger partial charge in [0.25, 0.3) is 0 Å². The van der Waals surface area contributed by atoms with E-state index in [2.05, 4.69) is 31.8 Å². The van der Waals surface area contributed by atoms with E-state index in [9.17, 15) is 0 Å². The minimum atomic E-state index is 0.656. The number of aliphatic imine (C=N–C) groups is 1. The number of rotatable bonds is 3. The minimum absolute atomic E-state index is 0.656. The highest BCUT2D eigenvalue weighted by Gasteiger charge is 1.96. The van der Waals surface area contributed by atoms with Gasteiger partial charge in [0.05, 0.1) is 0 Å². The fourth-order valence-corrected chi connectivity index (χ4v) is 0.889. The highest BCUT2D eigenvalue weighted by molar-refractivity contribution is 5.72. The average Bonchev–Trinajstić information content (AvgIpc) is 1.89. The standard InChI is InChI=1S/C9H17N/c1-5-9(8(2)3)6-7-10-4/h6-8H,5H2,1-4H3/b9-6+,10-7?. The Morgan fingerprint density at radius 1 is 1.50 bits per heavy atom. The zero-order valence-corrected chi connectivity index (χ0v) is 7.39. The van der Waals surface area contributed by atoms with Gasteiger partial charge in [-0.25, -0.2) is 0 Å². The van der Waals surface area contributed by atoms with Crippen LogP contribution in [0.3, 0.4) is 0 Å². The Morgan fingerprint density at radius 3 is 2.40 bits per heavy atom. The first kappa shape index (κ1) is 9.41. The van der Waals surface area contributed by atoms with Crippen molar-refractivity contribution in [3.05, 3.63) is 11.6 Å². The van der Waals surface area contributed by atoms with Crippen molar-refractivity contribution in [2.24, 2.45) is 10.9 Å². The molecule has 0 spiro atoms. The van der Waals surface area contributed by atoms with Crippen LogP contribution >= 0.6 is 0 Å². The van der Waals surface area contributed by atoms with E-state index >= 15 is 0 Å². The summed E-state index contributed by atoms with van der Waals surface area (Å²) in [4.78, 5) is 3.90. The van der Waals surface area contributed by atoms with Crippen LogP contribution in [-0.4, -0.2) is 13.3 Å². The summed E-state index contributed by atoms with van der Waals surface area (Å²) in [6.07, 6.45) is 5.09. The molecule has 0 aromatic rings. The van der Waals surface area contributed by atoms with Crippen LogP contribution in [0.25, 0.3) is 0 Å². The fraction of sp³-hybridized carbons (Fsp3) is 0.667. The zero-order valence-electron chi connectivity index (χ0n) is 7.39. The Bertz CT molecular complexity index is 132. The molecule has 0 radical (unpaired) electrons. The first-order valence-electron chi connectivity index (χ1n) is 3.83. The van der Waals surface area contributed by atoms with Gasteiger partial charge >= 0.3 is 0 Å². The molecule has 0 aliphatic heterocycles. The van der Waals surface area contributed by atoms with Crippen LogP contribution in [0.5, 0.6) is 0 Å². The van der Waals surface area contributed by atoms with Gasteiger partial charge in [-0.1, -0.05) is 26.3 Å². The molecule has 0 aromatic carbocycles. The van der Waals surface area contributed by atoms with Crippen LogP contribution in [0.4, 0.5) is 0 Å². The molecule has 1 heteroatoms. The Morgan fingerprint density at radius 2 is 2.10 bits per heavy atom. The zero-order chi connectivity index (χ0) is 7.98. The van der Waals surface area contributed by atoms with E-state index in [0.29, 0.717) is 5.92 Å². The van der Waals surface area contributed by atoms with Crippen LogP contribution < -0.4 is 0 Å². The third kappa shape index (κ3) is 3.44. The fourth-order valence-electron chi connectivity index (χ4n) is 0.889. The summed E-state index contributed by atoms with van der Waals surface area (Å²) >= 11 is 0. The van der Waals surface area contributed by atoms with Crippen LogP contribution in [0.2, 0.25) is 0 Å². The molecule has 0 heterocycles. The predicted octanol–water partition coefficient (Wildman–Crippen LogP) is 2.68. The molecule has 0 aliphatic carbocycles. The third-order valence-electron chi connectivity index (χ3n) is 1.59. The van der Waals surface area contributed by atoms with E-state index in [1.165, 1.54) is 5.57 Å². The normalized spacial score (nSPS) is 13.5. The van der Waals surface area contributed by atoms with Crippen molar-refractivity contribution in [3.8, 4) is 0 Å². The van der Waals surface area contributed by atoms with Gasteiger partial charge in [0.2, 0.25) is 0 Å². The second-order valence-electron chi connectivity index (χ2n) is 2.66. The number of allylic oxidation sites excluding steroid dienone is 2. The molecule has 0 rings (SSSR count). The number of hydrogen-bond donors (Lipinski definition) is 0. The maximum atomic E-state index is 3.90. The third-order valence-corrected chi connectivity index (χ3v) is 1.59. The number of nitrogens with zero attached hydrogens (tertiary/aromatic N) is 1. The monoisotopic (exact) mass is 139 g/mol. The minimum Gasteiger partial charge on any atom is -0.297 e. The van der Waals surface area contributed by atoms with Crippen molar-refractivity contribution in [1.82, 2.24) is 0 Å². The highest BCUT2D eigenvalue weighted by Crippen LogP contribution is 2.11. The van der Waals surface area contributed by atoms with E-state index in [-0.39, 0.29) is 0 Å². The molecule has 0 N–H and O–H groups in total. The summed E-state index contributed by atoms with van der Waals surface area (Å²) in [7, 11) is 1.80. The smallest absolute Gasteiger partial charge is 0.0277 e. The Hall–Kier alpha value is -0.590. The maximum Gasteiger partial charge on any atom is 0.0277 e. The molecule has 0 bridgehead atoms. The average molecular weight is 139 g/mol. The summed E-state index contributed by atoms with van der Waals surface area (Å²) < 4.78 is 0. The second-order valence-corrected chi connectivity index (χ2v) is 2.66. The van der Waals surface area contributed by atoms with E-state index in [4.69, 9.17) is 0 Å². The Labute approximate surface area is 63.9 Å². The summed E-state index contributed by atoms with van der Waals surface area (Å²) in [5.41, 5.74) is 1.46. The van der Waals surface area contributed by atoms with Crippen LogP contribution in [0.1, 0.15) is 27.2 Å². The summed E-state index contributed by atoms with van der Waals surface area (Å²) in [6, 6.07) is 0. The van der Waals surface area contributed by atoms with Gasteiger partial charge in [0.1, 0.15) is 0 Å². The molecular formula is C9H17N. The molecular weight excluding hydrogens is 122 g/mol. The summed E-state index contributed by atoms with van der Waals surface area (Å²) in [5, 5.41) is 0. The molecule has 0 aromatic heterocycles. The van der Waals surface area contributed by atoms with Gasteiger partial charge in [-0.05, 0) is 18.4 Å². The lowest BCUT2D eigenvalue weighted by Gasteiger charge is -2.05. The first-order valence-corrected chi connectivity index (χ1v) is 3.83. The quantitative estimate of drug-likeness (QED) is 0.533. The van der Waals surface area contributed by atoms with E-state index in [1.807, 2.05) is 6.21 Å². The summed E-state index contributed by atoms with van der Waals surface area (Å²) in [5.74, 6) is 0.656. The lowest BCUT2D eigenvalue weighted by atomic mass is 10.0. The molecule has 0 aliphatic rings. The molecule has 0 saturated heterocycles. The van der Waals surface area contributed by atoms with Crippen LogP contribution in [0, 0.1) is 5.92 Å². The lowest BCUT2D eigenvalue weighted by molar-refractivity contribution is 0.734. The van der Waals surface area contributed by atoms with E-state index in [0.717, 1.165) is 6.42 Å². The van der Waals surface area contributed by atoms with E-state index < -0.39 is 0 Å². The molecule has 1 nitrogen and oxygen atoms in total. The molecule has 10 heavy (non-hydrogen) atoms. The number of hydrogen-bond acceptors (Lipinski definition) is 1. The highest BCUT2D eigenvalue weighted by atomic mass is 14.6. The van der Waals surface area contributed by atoms with Crippen LogP contribution in [-0.2, 0) is 0 Å². The van der Waals surface area contributed by atoms with Gasteiger partial charge < -0.3 is 0 Å². The Kier molecular flexibility index (Phi) is 4.91. The van der Waals surface area contributed by atoms with Gasteiger partial charge in [0, 0.05) is 13.3 Å². The predicted molar refractivity (Wildman–Crippen MR) is 47.6 cm³/mol. The molecule has 0 atom stereocenters. The second kappa shape index (κ2) is 5.21. The molecule has 0 amide bonds. The topological polar surface area (TPSA) is 12.4 Å². The van der Waals surface area contributed by atoms with Crippen molar-refractivity contribution in [1.29, 1.82) is 0 Å². The van der Waals surface area contributed by atoms with Gasteiger partial charge in [-0.3, -0.25) is 4.99 Å². The van der Waals surface area contributed by atoms with Crippen molar-refractivity contribution in [2.45, 2.75) is 27.2 Å². The maximum absolute atomic E-state index is 3.90.